The van der Waals surface area contributed by atoms with Gasteiger partial charge in [-0.25, -0.2) is 4.98 Å². The summed E-state index contributed by atoms with van der Waals surface area (Å²) in [6.45, 7) is 2.60. The van der Waals surface area contributed by atoms with Crippen molar-refractivity contribution >= 4 is 36.2 Å². The number of imidazole rings is 1. The van der Waals surface area contributed by atoms with Gasteiger partial charge < -0.3 is 10.1 Å². The van der Waals surface area contributed by atoms with Crippen molar-refractivity contribution in [3.8, 4) is 11.4 Å². The summed E-state index contributed by atoms with van der Waals surface area (Å²) in [7, 11) is 3.94. The molecule has 0 bridgehead atoms. The molecule has 7 heteroatoms. The molecule has 0 aromatic carbocycles. The summed E-state index contributed by atoms with van der Waals surface area (Å²) in [6.07, 6.45) is 0. The summed E-state index contributed by atoms with van der Waals surface area (Å²) >= 11 is 1.60. The third-order valence-corrected chi connectivity index (χ3v) is 3.08. The lowest BCUT2D eigenvalue weighted by atomic mass is 10.3. The minimum absolute atomic E-state index is 0. The smallest absolute Gasteiger partial charge is 0.176 e. The van der Waals surface area contributed by atoms with Crippen molar-refractivity contribution in [3.05, 3.63) is 28.2 Å². The molecule has 0 atom stereocenters. The van der Waals surface area contributed by atoms with Crippen molar-refractivity contribution in [1.82, 2.24) is 14.6 Å². The molecule has 1 N–H and O–H groups in total. The normalized spacial score (nSPS) is 10.0. The molecule has 2 heterocycles. The number of rotatable bonds is 3. The van der Waals surface area contributed by atoms with E-state index in [1.807, 2.05) is 42.7 Å². The zero-order valence-corrected chi connectivity index (χ0v) is 12.9. The molecule has 4 nitrogen and oxygen atoms in total. The van der Waals surface area contributed by atoms with Crippen LogP contribution in [0.25, 0.3) is 11.4 Å². The highest BCUT2D eigenvalue weighted by Crippen LogP contribution is 2.23. The van der Waals surface area contributed by atoms with E-state index in [-0.39, 0.29) is 24.8 Å². The van der Waals surface area contributed by atoms with E-state index < -0.39 is 0 Å². The van der Waals surface area contributed by atoms with E-state index in [1.165, 1.54) is 4.73 Å². The lowest BCUT2D eigenvalue weighted by Crippen LogP contribution is -2.14. The molecular formula is C11H17Cl2N3OS. The zero-order chi connectivity index (χ0) is 11.7. The van der Waals surface area contributed by atoms with Gasteiger partial charge in [0.15, 0.2) is 5.82 Å². The first-order valence-electron chi connectivity index (χ1n) is 5.04. The van der Waals surface area contributed by atoms with Crippen LogP contribution in [0.15, 0.2) is 16.8 Å². The van der Waals surface area contributed by atoms with Crippen molar-refractivity contribution in [3.63, 3.8) is 0 Å². The first-order chi connectivity index (χ1) is 7.59. The maximum Gasteiger partial charge on any atom is 0.176 e. The number of aryl methyl sites for hydroxylation is 1. The fraction of sp³-hybridized carbons (Fsp3) is 0.364. The molecule has 0 amide bonds. The Hall–Kier alpha value is -0.750. The van der Waals surface area contributed by atoms with Crippen molar-refractivity contribution in [2.24, 2.45) is 0 Å². The SMILES string of the molecule is Cc1nc(-c2ccsc2)n(O)c1CN(C)C.Cl.Cl. The molecule has 0 aliphatic carbocycles. The summed E-state index contributed by atoms with van der Waals surface area (Å²) in [4.78, 5) is 6.41. The third kappa shape index (κ3) is 3.38. The van der Waals surface area contributed by atoms with Crippen LogP contribution in [0.1, 0.15) is 11.4 Å². The Kier molecular flexibility index (Phi) is 6.70. The number of hydrogen-bond donors (Lipinski definition) is 1. The second-order valence-electron chi connectivity index (χ2n) is 4.03. The van der Waals surface area contributed by atoms with E-state index >= 15 is 0 Å². The fourth-order valence-electron chi connectivity index (χ4n) is 1.61. The van der Waals surface area contributed by atoms with Gasteiger partial charge in [0.2, 0.25) is 0 Å². The summed E-state index contributed by atoms with van der Waals surface area (Å²) in [6, 6.07) is 1.96. The van der Waals surface area contributed by atoms with Crippen molar-refractivity contribution < 1.29 is 5.21 Å². The van der Waals surface area contributed by atoms with Crippen LogP contribution >= 0.6 is 36.2 Å². The van der Waals surface area contributed by atoms with Gasteiger partial charge in [0.05, 0.1) is 11.4 Å². The molecule has 2 aromatic heterocycles. The average molecular weight is 310 g/mol. The van der Waals surface area contributed by atoms with Crippen LogP contribution in [-0.4, -0.2) is 33.9 Å². The predicted molar refractivity (Wildman–Crippen MR) is 79.3 cm³/mol. The van der Waals surface area contributed by atoms with Gasteiger partial charge in [-0.2, -0.15) is 16.1 Å². The van der Waals surface area contributed by atoms with Crippen LogP contribution in [0.3, 0.4) is 0 Å². The van der Waals surface area contributed by atoms with E-state index in [9.17, 15) is 5.21 Å². The lowest BCUT2D eigenvalue weighted by molar-refractivity contribution is 0.172. The van der Waals surface area contributed by atoms with E-state index in [2.05, 4.69) is 4.98 Å². The fourth-order valence-corrected chi connectivity index (χ4v) is 2.25. The van der Waals surface area contributed by atoms with Crippen LogP contribution in [0.5, 0.6) is 0 Å². The minimum atomic E-state index is 0. The molecule has 0 saturated heterocycles. The van der Waals surface area contributed by atoms with Crippen LogP contribution in [0.2, 0.25) is 0 Å². The van der Waals surface area contributed by atoms with Crippen LogP contribution in [0, 0.1) is 6.92 Å². The highest BCUT2D eigenvalue weighted by molar-refractivity contribution is 7.08. The Morgan fingerprint density at radius 3 is 2.56 bits per heavy atom. The lowest BCUT2D eigenvalue weighted by Gasteiger charge is -2.10. The predicted octanol–water partition coefficient (Wildman–Crippen LogP) is 3.06. The van der Waals surface area contributed by atoms with Crippen molar-refractivity contribution in [2.75, 3.05) is 14.1 Å². The Morgan fingerprint density at radius 2 is 2.06 bits per heavy atom. The summed E-state index contributed by atoms with van der Waals surface area (Å²) in [5.41, 5.74) is 2.67. The Bertz CT molecular complexity index is 483. The minimum Gasteiger partial charge on any atom is -0.427 e. The average Bonchev–Trinajstić information content (AvgIpc) is 2.80. The van der Waals surface area contributed by atoms with Crippen molar-refractivity contribution in [1.29, 1.82) is 0 Å². The number of nitrogens with zero attached hydrogens (tertiary/aromatic N) is 3. The maximum atomic E-state index is 10.1. The summed E-state index contributed by atoms with van der Waals surface area (Å²) in [5, 5.41) is 14.0. The summed E-state index contributed by atoms with van der Waals surface area (Å²) < 4.78 is 1.19. The molecule has 18 heavy (non-hydrogen) atoms. The first kappa shape index (κ1) is 17.2. The van der Waals surface area contributed by atoms with Gasteiger partial charge in [-0.1, -0.05) is 0 Å². The molecule has 0 aliphatic rings. The maximum absolute atomic E-state index is 10.1. The second kappa shape index (κ2) is 6.99. The number of hydrogen-bond acceptors (Lipinski definition) is 4. The van der Waals surface area contributed by atoms with Crippen LogP contribution < -0.4 is 0 Å². The van der Waals surface area contributed by atoms with Gasteiger partial charge in [-0.05, 0) is 32.5 Å². The Balaban J connectivity index is 0.00000144. The van der Waals surface area contributed by atoms with Gasteiger partial charge in [-0.3, -0.25) is 0 Å². The van der Waals surface area contributed by atoms with E-state index in [0.717, 1.165) is 17.0 Å². The zero-order valence-electron chi connectivity index (χ0n) is 10.5. The molecule has 0 unspecified atom stereocenters. The van der Waals surface area contributed by atoms with Gasteiger partial charge in [0, 0.05) is 17.5 Å². The molecule has 0 saturated carbocycles. The monoisotopic (exact) mass is 309 g/mol. The second-order valence-corrected chi connectivity index (χ2v) is 4.81. The largest absolute Gasteiger partial charge is 0.427 e. The van der Waals surface area contributed by atoms with E-state index in [1.54, 1.807) is 11.3 Å². The van der Waals surface area contributed by atoms with Gasteiger partial charge in [0.25, 0.3) is 0 Å². The highest BCUT2D eigenvalue weighted by Gasteiger charge is 2.15. The van der Waals surface area contributed by atoms with E-state index in [4.69, 9.17) is 0 Å². The van der Waals surface area contributed by atoms with Crippen LogP contribution in [-0.2, 0) is 6.54 Å². The Labute approximate surface area is 123 Å². The Morgan fingerprint density at radius 1 is 1.39 bits per heavy atom. The molecule has 0 radical (unpaired) electrons. The third-order valence-electron chi connectivity index (χ3n) is 2.39. The molecule has 0 spiro atoms. The number of aromatic nitrogens is 2. The van der Waals surface area contributed by atoms with Crippen molar-refractivity contribution in [2.45, 2.75) is 13.5 Å². The van der Waals surface area contributed by atoms with E-state index in [0.29, 0.717) is 12.4 Å². The number of halogens is 2. The molecule has 102 valence electrons. The van der Waals surface area contributed by atoms with Gasteiger partial charge in [0.1, 0.15) is 0 Å². The quantitative estimate of drug-likeness (QED) is 0.886. The molecule has 0 aliphatic heterocycles. The molecule has 0 fully saturated rings. The summed E-state index contributed by atoms with van der Waals surface area (Å²) in [5.74, 6) is 0.621. The van der Waals surface area contributed by atoms with Gasteiger partial charge >= 0.3 is 0 Å². The molecule has 2 aromatic rings. The number of thiophene rings is 1. The van der Waals surface area contributed by atoms with Gasteiger partial charge in [-0.15, -0.1) is 24.8 Å². The molecular weight excluding hydrogens is 293 g/mol. The first-order valence-corrected chi connectivity index (χ1v) is 5.98. The molecule has 2 rings (SSSR count). The standard InChI is InChI=1S/C11H15N3OS.2ClH/c1-8-10(6-13(2)3)14(15)11(12-8)9-4-5-16-7-9;;/h4-5,7,15H,6H2,1-3H3;2*1H. The highest BCUT2D eigenvalue weighted by atomic mass is 35.5. The topological polar surface area (TPSA) is 41.3 Å². The van der Waals surface area contributed by atoms with Crippen LogP contribution in [0.4, 0.5) is 0 Å².